The number of benzene rings is 3. The maximum Gasteiger partial charge on any atom is 0.118 e. The first kappa shape index (κ1) is 22.8. The van der Waals surface area contributed by atoms with Crippen LogP contribution in [0.2, 0.25) is 5.02 Å². The van der Waals surface area contributed by atoms with Crippen molar-refractivity contribution in [3.63, 3.8) is 0 Å². The quantitative estimate of drug-likeness (QED) is 0.533. The zero-order valence-corrected chi connectivity index (χ0v) is 19.5. The lowest BCUT2D eigenvalue weighted by Gasteiger charge is -2.41. The molecule has 0 spiro atoms. The third-order valence-corrected chi connectivity index (χ3v) is 6.65. The molecule has 3 aromatic rings. The van der Waals surface area contributed by atoms with Crippen LogP contribution in [0.25, 0.3) is 0 Å². The number of aryl methyl sites for hydroxylation is 1. The van der Waals surface area contributed by atoms with Gasteiger partial charge in [-0.25, -0.2) is 0 Å². The second-order valence-corrected chi connectivity index (χ2v) is 8.89. The van der Waals surface area contributed by atoms with Crippen LogP contribution in [0.15, 0.2) is 72.8 Å². The first-order valence-electron chi connectivity index (χ1n) is 11.1. The van der Waals surface area contributed by atoms with E-state index in [2.05, 4.69) is 41.0 Å². The van der Waals surface area contributed by atoms with Crippen LogP contribution < -0.4 is 4.74 Å². The predicted molar refractivity (Wildman–Crippen MR) is 130 cm³/mol. The summed E-state index contributed by atoms with van der Waals surface area (Å²) in [7, 11) is 1.69. The lowest BCUT2D eigenvalue weighted by molar-refractivity contribution is 0.0149. The average molecular weight is 451 g/mol. The maximum absolute atomic E-state index is 11.4. The Balaban J connectivity index is 1.49. The van der Waals surface area contributed by atoms with Crippen molar-refractivity contribution in [1.29, 1.82) is 0 Å². The molecule has 0 aliphatic carbocycles. The lowest BCUT2D eigenvalue weighted by atomic mass is 9.93. The summed E-state index contributed by atoms with van der Waals surface area (Å²) in [5.41, 5.74) is 4.36. The van der Waals surface area contributed by atoms with Crippen LogP contribution in [0.4, 0.5) is 0 Å². The Kier molecular flexibility index (Phi) is 7.48. The highest BCUT2D eigenvalue weighted by atomic mass is 35.5. The molecule has 1 fully saturated rings. The minimum Gasteiger partial charge on any atom is -0.497 e. The minimum absolute atomic E-state index is 0.186. The van der Waals surface area contributed by atoms with Crippen LogP contribution in [-0.4, -0.2) is 48.2 Å². The number of hydrogen-bond acceptors (Lipinski definition) is 4. The fourth-order valence-electron chi connectivity index (χ4n) is 4.42. The lowest BCUT2D eigenvalue weighted by Crippen LogP contribution is -2.48. The van der Waals surface area contributed by atoms with E-state index in [1.54, 1.807) is 7.11 Å². The first-order valence-corrected chi connectivity index (χ1v) is 11.5. The van der Waals surface area contributed by atoms with Gasteiger partial charge in [-0.05, 0) is 41.8 Å². The van der Waals surface area contributed by atoms with Crippen LogP contribution in [0, 0.1) is 6.92 Å². The SMILES string of the molecule is COc1ccc(CN2CCN(C(c3ccccc3Cl)C(O)c3ccc(C)cc3)CC2)cc1. The standard InChI is InChI=1S/C27H31ClN2O2/c1-20-7-11-22(12-8-20)27(31)26(24-5-3-4-6-25(24)28)30-17-15-29(16-18-30)19-21-9-13-23(32-2)14-10-21/h3-14,26-27,31H,15-19H2,1-2H3. The maximum atomic E-state index is 11.4. The summed E-state index contributed by atoms with van der Waals surface area (Å²) in [4.78, 5) is 4.83. The van der Waals surface area contributed by atoms with E-state index in [9.17, 15) is 5.11 Å². The normalized spacial score (nSPS) is 17.1. The van der Waals surface area contributed by atoms with E-state index < -0.39 is 6.10 Å². The number of ether oxygens (including phenoxy) is 1. The molecule has 1 aliphatic heterocycles. The van der Waals surface area contributed by atoms with Crippen LogP contribution in [0.3, 0.4) is 0 Å². The number of halogens is 1. The van der Waals surface area contributed by atoms with Crippen molar-refractivity contribution in [2.24, 2.45) is 0 Å². The van der Waals surface area contributed by atoms with Crippen LogP contribution in [0.5, 0.6) is 5.75 Å². The molecular formula is C27H31ClN2O2. The largest absolute Gasteiger partial charge is 0.497 e. The highest BCUT2D eigenvalue weighted by Gasteiger charge is 2.32. The summed E-state index contributed by atoms with van der Waals surface area (Å²) < 4.78 is 5.26. The Labute approximate surface area is 196 Å². The number of rotatable bonds is 7. The molecule has 32 heavy (non-hydrogen) atoms. The van der Waals surface area contributed by atoms with Crippen molar-refractivity contribution in [3.05, 3.63) is 100 Å². The number of methoxy groups -OCH3 is 1. The van der Waals surface area contributed by atoms with Crippen molar-refractivity contribution in [1.82, 2.24) is 9.80 Å². The molecule has 0 radical (unpaired) electrons. The number of nitrogens with zero attached hydrogens (tertiary/aromatic N) is 2. The molecule has 0 bridgehead atoms. The van der Waals surface area contributed by atoms with Crippen molar-refractivity contribution >= 4 is 11.6 Å². The number of aliphatic hydroxyl groups excluding tert-OH is 1. The van der Waals surface area contributed by atoms with Gasteiger partial charge in [-0.2, -0.15) is 0 Å². The van der Waals surface area contributed by atoms with Gasteiger partial charge in [-0.15, -0.1) is 0 Å². The second-order valence-electron chi connectivity index (χ2n) is 8.48. The Bertz CT molecular complexity index is 999. The van der Waals surface area contributed by atoms with Crippen molar-refractivity contribution in [3.8, 4) is 5.75 Å². The van der Waals surface area contributed by atoms with E-state index in [-0.39, 0.29) is 6.04 Å². The fraction of sp³-hybridized carbons (Fsp3) is 0.333. The molecule has 0 aromatic heterocycles. The smallest absolute Gasteiger partial charge is 0.118 e. The summed E-state index contributed by atoms with van der Waals surface area (Å²) in [6, 6.07) is 24.1. The van der Waals surface area contributed by atoms with Crippen LogP contribution >= 0.6 is 11.6 Å². The Morgan fingerprint density at radius 1 is 0.906 bits per heavy atom. The molecule has 1 N–H and O–H groups in total. The van der Waals surface area contributed by atoms with Crippen LogP contribution in [-0.2, 0) is 6.54 Å². The zero-order valence-electron chi connectivity index (χ0n) is 18.7. The van der Waals surface area contributed by atoms with Crippen LogP contribution in [0.1, 0.15) is 34.4 Å². The molecule has 5 heteroatoms. The molecule has 0 amide bonds. The van der Waals surface area contributed by atoms with Gasteiger partial charge in [-0.3, -0.25) is 9.80 Å². The van der Waals surface area contributed by atoms with Gasteiger partial charge >= 0.3 is 0 Å². The Morgan fingerprint density at radius 3 is 2.19 bits per heavy atom. The van der Waals surface area contributed by atoms with E-state index in [0.717, 1.165) is 49.6 Å². The van der Waals surface area contributed by atoms with Gasteiger partial charge in [0.1, 0.15) is 5.75 Å². The van der Waals surface area contributed by atoms with E-state index >= 15 is 0 Å². The minimum atomic E-state index is -0.649. The topological polar surface area (TPSA) is 35.9 Å². The molecule has 3 aromatic carbocycles. The summed E-state index contributed by atoms with van der Waals surface area (Å²) in [5.74, 6) is 0.881. The summed E-state index contributed by atoms with van der Waals surface area (Å²) in [6.45, 7) is 6.59. The Morgan fingerprint density at radius 2 is 1.56 bits per heavy atom. The van der Waals surface area contributed by atoms with Gasteiger partial charge in [-0.1, -0.05) is 71.8 Å². The monoisotopic (exact) mass is 450 g/mol. The number of hydrogen-bond donors (Lipinski definition) is 1. The van der Waals surface area contributed by atoms with Crippen molar-refractivity contribution in [2.45, 2.75) is 25.6 Å². The molecule has 0 saturated carbocycles. The molecule has 2 unspecified atom stereocenters. The highest BCUT2D eigenvalue weighted by molar-refractivity contribution is 6.31. The molecule has 1 saturated heterocycles. The summed E-state index contributed by atoms with van der Waals surface area (Å²) in [6.07, 6.45) is -0.649. The van der Waals surface area contributed by atoms with Gasteiger partial charge < -0.3 is 9.84 Å². The molecule has 168 valence electrons. The van der Waals surface area contributed by atoms with E-state index in [4.69, 9.17) is 16.3 Å². The van der Waals surface area contributed by atoms with Crippen molar-refractivity contribution in [2.75, 3.05) is 33.3 Å². The van der Waals surface area contributed by atoms with Gasteiger partial charge in [0, 0.05) is 37.7 Å². The zero-order chi connectivity index (χ0) is 22.5. The van der Waals surface area contributed by atoms with Gasteiger partial charge in [0.05, 0.1) is 19.3 Å². The first-order chi connectivity index (χ1) is 15.5. The van der Waals surface area contributed by atoms with Gasteiger partial charge in [0.2, 0.25) is 0 Å². The summed E-state index contributed by atoms with van der Waals surface area (Å²) in [5, 5.41) is 12.1. The highest BCUT2D eigenvalue weighted by Crippen LogP contribution is 2.38. The molecule has 4 rings (SSSR count). The van der Waals surface area contributed by atoms with E-state index in [1.165, 1.54) is 11.1 Å². The molecule has 4 nitrogen and oxygen atoms in total. The third-order valence-electron chi connectivity index (χ3n) is 6.31. The molecular weight excluding hydrogens is 420 g/mol. The Hall–Kier alpha value is -2.37. The molecule has 1 aliphatic rings. The van der Waals surface area contributed by atoms with E-state index in [1.807, 2.05) is 48.5 Å². The summed E-state index contributed by atoms with van der Waals surface area (Å²) >= 11 is 6.60. The third kappa shape index (κ3) is 5.33. The van der Waals surface area contributed by atoms with Crippen molar-refractivity contribution < 1.29 is 9.84 Å². The fourth-order valence-corrected chi connectivity index (χ4v) is 4.66. The molecule has 2 atom stereocenters. The van der Waals surface area contributed by atoms with Gasteiger partial charge in [0.25, 0.3) is 0 Å². The number of aliphatic hydroxyl groups is 1. The molecule has 1 heterocycles. The average Bonchev–Trinajstić information content (AvgIpc) is 2.82. The number of piperazine rings is 1. The van der Waals surface area contributed by atoms with E-state index in [0.29, 0.717) is 5.02 Å². The van der Waals surface area contributed by atoms with Gasteiger partial charge in [0.15, 0.2) is 0 Å². The predicted octanol–water partition coefficient (Wildman–Crippen LogP) is 5.25. The second kappa shape index (κ2) is 10.5.